The van der Waals surface area contributed by atoms with Gasteiger partial charge in [0.05, 0.1) is 17.0 Å². The maximum atomic E-state index is 12.4. The lowest BCUT2D eigenvalue weighted by atomic mass is 10.2. The fraction of sp³-hybridized carbons (Fsp3) is 0.188. The molecule has 2 aromatic carbocycles. The van der Waals surface area contributed by atoms with Crippen LogP contribution in [0.5, 0.6) is 5.75 Å². The van der Waals surface area contributed by atoms with Gasteiger partial charge < -0.3 is 4.74 Å². The number of carbonyl (C=O) groups is 1. The summed E-state index contributed by atoms with van der Waals surface area (Å²) in [6.45, 7) is 1.37. The zero-order valence-corrected chi connectivity index (χ0v) is 14.0. The Bertz CT molecular complexity index is 970. The molecule has 1 heterocycles. The quantitative estimate of drug-likeness (QED) is 0.596. The summed E-state index contributed by atoms with van der Waals surface area (Å²) < 4.78 is 31.0. The fourth-order valence-corrected chi connectivity index (χ4v) is 4.17. The highest BCUT2D eigenvalue weighted by molar-refractivity contribution is 7.90. The zero-order valence-electron chi connectivity index (χ0n) is 13.2. The molecule has 25 heavy (non-hydrogen) atoms. The summed E-state index contributed by atoms with van der Waals surface area (Å²) in [6.07, 6.45) is 0. The van der Waals surface area contributed by atoms with Crippen LogP contribution in [-0.2, 0) is 10.0 Å². The van der Waals surface area contributed by atoms with Crippen molar-refractivity contribution < 1.29 is 22.9 Å². The monoisotopic (exact) mass is 362 g/mol. The number of benzene rings is 2. The van der Waals surface area contributed by atoms with Gasteiger partial charge in [-0.1, -0.05) is 12.1 Å². The molecule has 1 amide bonds. The largest absolute Gasteiger partial charge is 0.492 e. The molecule has 0 N–H and O–H groups in total. The summed E-state index contributed by atoms with van der Waals surface area (Å²) in [7, 11) is -3.86. The third-order valence-corrected chi connectivity index (χ3v) is 5.68. The predicted molar refractivity (Wildman–Crippen MR) is 88.0 cm³/mol. The number of nitro groups is 1. The average Bonchev–Trinajstić information content (AvgIpc) is 2.76. The van der Waals surface area contributed by atoms with Crippen molar-refractivity contribution in [3.63, 3.8) is 0 Å². The van der Waals surface area contributed by atoms with E-state index in [4.69, 9.17) is 4.74 Å². The molecule has 0 aliphatic carbocycles. The van der Waals surface area contributed by atoms with Crippen LogP contribution in [0.2, 0.25) is 0 Å². The molecule has 1 aliphatic heterocycles. The van der Waals surface area contributed by atoms with Crippen molar-refractivity contribution in [2.75, 3.05) is 13.2 Å². The normalized spacial score (nSPS) is 15.1. The number of ether oxygens (including phenoxy) is 1. The standard InChI is InChI=1S/C16H14N2O6S/c1-11-10-12(6-7-14(11)18(20)21)24-9-8-17-16(19)13-4-2-3-5-15(13)25(17,22)23/h2-7,10H,8-9H2,1H3. The molecular formula is C16H14N2O6S. The summed E-state index contributed by atoms with van der Waals surface area (Å²) in [5.41, 5.74) is 0.550. The third kappa shape index (κ3) is 2.93. The Labute approximate surface area is 143 Å². The Morgan fingerprint density at radius 3 is 2.56 bits per heavy atom. The molecule has 0 unspecified atom stereocenters. The number of hydrogen-bond donors (Lipinski definition) is 0. The molecule has 2 aromatic rings. The van der Waals surface area contributed by atoms with Crippen LogP contribution in [0.3, 0.4) is 0 Å². The molecule has 3 rings (SSSR count). The first-order valence-corrected chi connectivity index (χ1v) is 8.80. The smallest absolute Gasteiger partial charge is 0.272 e. The van der Waals surface area contributed by atoms with Crippen LogP contribution in [-0.4, -0.2) is 36.7 Å². The highest BCUT2D eigenvalue weighted by Crippen LogP contribution is 2.29. The van der Waals surface area contributed by atoms with Crippen LogP contribution in [0, 0.1) is 17.0 Å². The highest BCUT2D eigenvalue weighted by Gasteiger charge is 2.40. The summed E-state index contributed by atoms with van der Waals surface area (Å²) in [5, 5.41) is 10.8. The minimum absolute atomic E-state index is 0.00817. The molecule has 1 aliphatic rings. The second-order valence-electron chi connectivity index (χ2n) is 5.43. The maximum Gasteiger partial charge on any atom is 0.272 e. The minimum atomic E-state index is -3.86. The second-order valence-corrected chi connectivity index (χ2v) is 7.26. The lowest BCUT2D eigenvalue weighted by Crippen LogP contribution is -2.33. The van der Waals surface area contributed by atoms with E-state index in [0.717, 1.165) is 4.31 Å². The Hall–Kier alpha value is -2.94. The first kappa shape index (κ1) is 16.9. The van der Waals surface area contributed by atoms with Crippen LogP contribution in [0.15, 0.2) is 47.4 Å². The number of hydrogen-bond acceptors (Lipinski definition) is 6. The predicted octanol–water partition coefficient (Wildman–Crippen LogP) is 2.13. The molecule has 0 saturated heterocycles. The highest BCUT2D eigenvalue weighted by atomic mass is 32.2. The van der Waals surface area contributed by atoms with Gasteiger partial charge in [-0.3, -0.25) is 14.9 Å². The van der Waals surface area contributed by atoms with E-state index in [1.54, 1.807) is 19.1 Å². The molecule has 8 nitrogen and oxygen atoms in total. The number of nitrogens with zero attached hydrogens (tertiary/aromatic N) is 2. The maximum absolute atomic E-state index is 12.4. The molecule has 0 radical (unpaired) electrons. The van der Waals surface area contributed by atoms with Crippen molar-refractivity contribution >= 4 is 21.6 Å². The van der Waals surface area contributed by atoms with Gasteiger partial charge in [-0.05, 0) is 31.2 Å². The molecular weight excluding hydrogens is 348 g/mol. The Kier molecular flexibility index (Phi) is 4.17. The van der Waals surface area contributed by atoms with Gasteiger partial charge in [-0.25, -0.2) is 12.7 Å². The van der Waals surface area contributed by atoms with Crippen molar-refractivity contribution in [3.8, 4) is 5.75 Å². The molecule has 0 atom stereocenters. The number of aryl methyl sites for hydroxylation is 1. The topological polar surface area (TPSA) is 107 Å². The van der Waals surface area contributed by atoms with Gasteiger partial charge in [0.15, 0.2) is 0 Å². The zero-order chi connectivity index (χ0) is 18.2. The minimum Gasteiger partial charge on any atom is -0.492 e. The molecule has 0 aromatic heterocycles. The van der Waals surface area contributed by atoms with Gasteiger partial charge in [0.25, 0.3) is 21.6 Å². The molecule has 0 spiro atoms. The van der Waals surface area contributed by atoms with E-state index in [1.807, 2.05) is 0 Å². The third-order valence-electron chi connectivity index (χ3n) is 3.84. The van der Waals surface area contributed by atoms with E-state index in [-0.39, 0.29) is 29.3 Å². The van der Waals surface area contributed by atoms with Gasteiger partial charge in [0.1, 0.15) is 17.3 Å². The van der Waals surface area contributed by atoms with Crippen molar-refractivity contribution in [2.24, 2.45) is 0 Å². The molecule has 9 heteroatoms. The second kappa shape index (κ2) is 6.17. The van der Waals surface area contributed by atoms with E-state index in [9.17, 15) is 23.3 Å². The van der Waals surface area contributed by atoms with Gasteiger partial charge in [-0.15, -0.1) is 0 Å². The Morgan fingerprint density at radius 2 is 1.92 bits per heavy atom. The van der Waals surface area contributed by atoms with Crippen LogP contribution in [0.1, 0.15) is 15.9 Å². The first-order valence-electron chi connectivity index (χ1n) is 7.36. The van der Waals surface area contributed by atoms with E-state index in [0.29, 0.717) is 11.3 Å². The van der Waals surface area contributed by atoms with Crippen LogP contribution in [0.4, 0.5) is 5.69 Å². The number of rotatable bonds is 5. The van der Waals surface area contributed by atoms with Gasteiger partial charge in [0, 0.05) is 11.6 Å². The summed E-state index contributed by atoms with van der Waals surface area (Å²) in [6, 6.07) is 10.3. The van der Waals surface area contributed by atoms with E-state index in [1.165, 1.54) is 30.3 Å². The van der Waals surface area contributed by atoms with Crippen LogP contribution < -0.4 is 4.74 Å². The summed E-state index contributed by atoms with van der Waals surface area (Å²) in [5.74, 6) is -0.219. The van der Waals surface area contributed by atoms with Crippen molar-refractivity contribution in [3.05, 3.63) is 63.7 Å². The van der Waals surface area contributed by atoms with E-state index >= 15 is 0 Å². The Balaban J connectivity index is 1.70. The van der Waals surface area contributed by atoms with Crippen molar-refractivity contribution in [1.82, 2.24) is 4.31 Å². The molecule has 0 saturated carbocycles. The number of nitro benzene ring substituents is 1. The lowest BCUT2D eigenvalue weighted by Gasteiger charge is -2.15. The van der Waals surface area contributed by atoms with E-state index in [2.05, 4.69) is 0 Å². The number of carbonyl (C=O) groups excluding carboxylic acids is 1. The summed E-state index contributed by atoms with van der Waals surface area (Å²) >= 11 is 0. The lowest BCUT2D eigenvalue weighted by molar-refractivity contribution is -0.385. The first-order chi connectivity index (χ1) is 11.8. The van der Waals surface area contributed by atoms with Crippen molar-refractivity contribution in [1.29, 1.82) is 0 Å². The van der Waals surface area contributed by atoms with Gasteiger partial charge in [-0.2, -0.15) is 0 Å². The van der Waals surface area contributed by atoms with E-state index < -0.39 is 20.9 Å². The van der Waals surface area contributed by atoms with Crippen molar-refractivity contribution in [2.45, 2.75) is 11.8 Å². The molecule has 0 fully saturated rings. The number of sulfonamides is 1. The number of fused-ring (bicyclic) bond motifs is 1. The average molecular weight is 362 g/mol. The van der Waals surface area contributed by atoms with Gasteiger partial charge >= 0.3 is 0 Å². The number of amides is 1. The van der Waals surface area contributed by atoms with Crippen LogP contribution >= 0.6 is 0 Å². The fourth-order valence-electron chi connectivity index (χ4n) is 2.62. The SMILES string of the molecule is Cc1cc(OCCN2C(=O)c3ccccc3S2(=O)=O)ccc1[N+](=O)[O-]. The molecule has 130 valence electrons. The van der Waals surface area contributed by atoms with Gasteiger partial charge in [0.2, 0.25) is 0 Å². The Morgan fingerprint density at radius 1 is 1.20 bits per heavy atom. The van der Waals surface area contributed by atoms with Crippen LogP contribution in [0.25, 0.3) is 0 Å². The summed E-state index contributed by atoms with van der Waals surface area (Å²) in [4.78, 5) is 22.5. The molecule has 0 bridgehead atoms.